The number of benzene rings is 3. The van der Waals surface area contributed by atoms with E-state index in [-0.39, 0.29) is 0 Å². The summed E-state index contributed by atoms with van der Waals surface area (Å²) in [6, 6.07) is 22.0. The van der Waals surface area contributed by atoms with Crippen molar-refractivity contribution in [3.05, 3.63) is 88.9 Å². The van der Waals surface area contributed by atoms with Gasteiger partial charge in [0.1, 0.15) is 11.5 Å². The van der Waals surface area contributed by atoms with Crippen LogP contribution in [0.4, 0.5) is 0 Å². The number of methoxy groups -OCH3 is 1. The van der Waals surface area contributed by atoms with Crippen LogP contribution in [0, 0.1) is 6.92 Å². The van der Waals surface area contributed by atoms with E-state index >= 15 is 0 Å². The van der Waals surface area contributed by atoms with Crippen LogP contribution in [0.25, 0.3) is 22.2 Å². The molecule has 1 aromatic heterocycles. The number of nitrogens with zero attached hydrogens (tertiary/aromatic N) is 1. The van der Waals surface area contributed by atoms with Gasteiger partial charge in [-0.05, 0) is 67.1 Å². The maximum Gasteiger partial charge on any atom is 0.344 e. The lowest BCUT2D eigenvalue weighted by molar-refractivity contribution is 0.0737. The normalized spacial score (nSPS) is 10.7. The Bertz CT molecular complexity index is 1200. The van der Waals surface area contributed by atoms with Gasteiger partial charge in [0.2, 0.25) is 0 Å². The monoisotopic (exact) mass is 403 g/mol. The summed E-state index contributed by atoms with van der Waals surface area (Å²) in [6.07, 6.45) is 0. The second-order valence-electron chi connectivity index (χ2n) is 6.60. The van der Waals surface area contributed by atoms with E-state index in [0.29, 0.717) is 22.0 Å². The molecular weight excluding hydrogens is 386 g/mol. The molecule has 0 amide bonds. The summed E-state index contributed by atoms with van der Waals surface area (Å²) in [5.74, 6) is 0.760. The fourth-order valence-electron chi connectivity index (χ4n) is 3.10. The van der Waals surface area contributed by atoms with Gasteiger partial charge in [0.15, 0.2) is 0 Å². The first-order valence-corrected chi connectivity index (χ1v) is 9.45. The van der Waals surface area contributed by atoms with Crippen molar-refractivity contribution in [1.82, 2.24) is 4.98 Å². The van der Waals surface area contributed by atoms with Gasteiger partial charge in [-0.1, -0.05) is 29.8 Å². The highest BCUT2D eigenvalue weighted by molar-refractivity contribution is 6.31. The maximum absolute atomic E-state index is 13.0. The zero-order chi connectivity index (χ0) is 20.4. The van der Waals surface area contributed by atoms with Gasteiger partial charge in [0.05, 0.1) is 23.9 Å². The Labute approximate surface area is 173 Å². The highest BCUT2D eigenvalue weighted by atomic mass is 35.5. The maximum atomic E-state index is 13.0. The molecule has 0 radical (unpaired) electrons. The number of pyridine rings is 1. The number of rotatable bonds is 4. The third-order valence-corrected chi connectivity index (χ3v) is 5.09. The van der Waals surface area contributed by atoms with Crippen LogP contribution in [0.2, 0.25) is 5.02 Å². The average Bonchev–Trinajstić information content (AvgIpc) is 2.75. The standard InChI is InChI=1S/C24H18ClNO3/c1-15-13-18(11-12-21(15)25)29-24(27)20-14-23(16-7-9-17(28-2)10-8-16)26-22-6-4-3-5-19(20)22/h3-14H,1-2H3. The van der Waals surface area contributed by atoms with Crippen molar-refractivity contribution in [2.75, 3.05) is 7.11 Å². The molecule has 0 aliphatic carbocycles. The molecule has 144 valence electrons. The Morgan fingerprint density at radius 1 is 0.931 bits per heavy atom. The zero-order valence-electron chi connectivity index (χ0n) is 16.0. The van der Waals surface area contributed by atoms with E-state index in [2.05, 4.69) is 0 Å². The Balaban J connectivity index is 1.77. The predicted octanol–water partition coefficient (Wildman–Crippen LogP) is 6.09. The lowest BCUT2D eigenvalue weighted by Crippen LogP contribution is -2.10. The molecule has 0 bridgehead atoms. The van der Waals surface area contributed by atoms with E-state index in [9.17, 15) is 4.79 Å². The van der Waals surface area contributed by atoms with Crippen molar-refractivity contribution >= 4 is 28.5 Å². The van der Waals surface area contributed by atoms with Gasteiger partial charge in [0.25, 0.3) is 0 Å². The molecule has 4 rings (SSSR count). The molecule has 0 saturated heterocycles. The van der Waals surface area contributed by atoms with Crippen molar-refractivity contribution in [2.45, 2.75) is 6.92 Å². The molecule has 0 saturated carbocycles. The molecular formula is C24H18ClNO3. The molecule has 0 atom stereocenters. The van der Waals surface area contributed by atoms with E-state index in [0.717, 1.165) is 27.8 Å². The quantitative estimate of drug-likeness (QED) is 0.305. The third-order valence-electron chi connectivity index (χ3n) is 4.66. The number of aryl methyl sites for hydroxylation is 1. The number of halogens is 1. The fourth-order valence-corrected chi connectivity index (χ4v) is 3.21. The second kappa shape index (κ2) is 7.94. The van der Waals surface area contributed by atoms with E-state index in [1.54, 1.807) is 31.4 Å². The topological polar surface area (TPSA) is 48.4 Å². The molecule has 4 nitrogen and oxygen atoms in total. The van der Waals surface area contributed by atoms with Crippen molar-refractivity contribution in [2.24, 2.45) is 0 Å². The molecule has 4 aromatic rings. The Hall–Kier alpha value is -3.37. The lowest BCUT2D eigenvalue weighted by atomic mass is 10.0. The van der Waals surface area contributed by atoms with Crippen LogP contribution >= 0.6 is 11.6 Å². The molecule has 0 N–H and O–H groups in total. The first-order valence-electron chi connectivity index (χ1n) is 9.08. The number of aromatic nitrogens is 1. The van der Waals surface area contributed by atoms with Gasteiger partial charge in [-0.3, -0.25) is 0 Å². The average molecular weight is 404 g/mol. The summed E-state index contributed by atoms with van der Waals surface area (Å²) in [5.41, 5.74) is 3.59. The van der Waals surface area contributed by atoms with Crippen LogP contribution in [0.5, 0.6) is 11.5 Å². The fraction of sp³-hybridized carbons (Fsp3) is 0.0833. The summed E-state index contributed by atoms with van der Waals surface area (Å²) in [5, 5.41) is 1.36. The molecule has 3 aromatic carbocycles. The van der Waals surface area contributed by atoms with Gasteiger partial charge in [0, 0.05) is 16.0 Å². The number of hydrogen-bond donors (Lipinski definition) is 0. The number of esters is 1. The Morgan fingerprint density at radius 2 is 1.66 bits per heavy atom. The van der Waals surface area contributed by atoms with Gasteiger partial charge in [-0.2, -0.15) is 0 Å². The Kier molecular flexibility index (Phi) is 5.19. The molecule has 0 spiro atoms. The largest absolute Gasteiger partial charge is 0.497 e. The predicted molar refractivity (Wildman–Crippen MR) is 115 cm³/mol. The van der Waals surface area contributed by atoms with E-state index < -0.39 is 5.97 Å². The molecule has 0 unspecified atom stereocenters. The molecule has 0 fully saturated rings. The van der Waals surface area contributed by atoms with E-state index in [1.807, 2.05) is 55.5 Å². The zero-order valence-corrected chi connectivity index (χ0v) is 16.7. The van der Waals surface area contributed by atoms with Crippen LogP contribution in [-0.2, 0) is 0 Å². The van der Waals surface area contributed by atoms with Gasteiger partial charge in [-0.15, -0.1) is 0 Å². The number of hydrogen-bond acceptors (Lipinski definition) is 4. The molecule has 29 heavy (non-hydrogen) atoms. The summed E-state index contributed by atoms with van der Waals surface area (Å²) in [4.78, 5) is 17.7. The van der Waals surface area contributed by atoms with Gasteiger partial charge in [-0.25, -0.2) is 9.78 Å². The van der Waals surface area contributed by atoms with E-state index in [1.165, 1.54) is 0 Å². The van der Waals surface area contributed by atoms with Crippen molar-refractivity contribution in [3.8, 4) is 22.8 Å². The van der Waals surface area contributed by atoms with Crippen LogP contribution in [0.15, 0.2) is 72.8 Å². The van der Waals surface area contributed by atoms with Gasteiger partial charge >= 0.3 is 5.97 Å². The van der Waals surface area contributed by atoms with E-state index in [4.69, 9.17) is 26.1 Å². The number of ether oxygens (including phenoxy) is 2. The summed E-state index contributed by atoms with van der Waals surface area (Å²) < 4.78 is 10.8. The number of fused-ring (bicyclic) bond motifs is 1. The number of para-hydroxylation sites is 1. The van der Waals surface area contributed by atoms with Crippen molar-refractivity contribution in [3.63, 3.8) is 0 Å². The highest BCUT2D eigenvalue weighted by Gasteiger charge is 2.16. The van der Waals surface area contributed by atoms with Gasteiger partial charge < -0.3 is 9.47 Å². The minimum Gasteiger partial charge on any atom is -0.497 e. The summed E-state index contributed by atoms with van der Waals surface area (Å²) >= 11 is 6.06. The number of carbonyl (C=O) groups excluding carboxylic acids is 1. The summed E-state index contributed by atoms with van der Waals surface area (Å²) in [7, 11) is 1.62. The Morgan fingerprint density at radius 3 is 2.38 bits per heavy atom. The summed E-state index contributed by atoms with van der Waals surface area (Å²) in [6.45, 7) is 1.86. The number of carbonyl (C=O) groups is 1. The minimum absolute atomic E-state index is 0.444. The smallest absolute Gasteiger partial charge is 0.344 e. The first kappa shape index (κ1) is 19.0. The van der Waals surface area contributed by atoms with Crippen molar-refractivity contribution < 1.29 is 14.3 Å². The lowest BCUT2D eigenvalue weighted by Gasteiger charge is -2.11. The third kappa shape index (κ3) is 3.93. The highest BCUT2D eigenvalue weighted by Crippen LogP contribution is 2.28. The second-order valence-corrected chi connectivity index (χ2v) is 7.01. The van der Waals surface area contributed by atoms with Crippen LogP contribution in [0.3, 0.4) is 0 Å². The van der Waals surface area contributed by atoms with Crippen LogP contribution < -0.4 is 9.47 Å². The SMILES string of the molecule is COc1ccc(-c2cc(C(=O)Oc3ccc(Cl)c(C)c3)c3ccccc3n2)cc1. The first-order chi connectivity index (χ1) is 14.0. The van der Waals surface area contributed by atoms with Crippen LogP contribution in [-0.4, -0.2) is 18.1 Å². The molecule has 1 heterocycles. The molecule has 5 heteroatoms. The molecule has 0 aliphatic rings. The molecule has 0 aliphatic heterocycles. The minimum atomic E-state index is -0.444. The van der Waals surface area contributed by atoms with Crippen molar-refractivity contribution in [1.29, 1.82) is 0 Å². The van der Waals surface area contributed by atoms with Crippen LogP contribution in [0.1, 0.15) is 15.9 Å².